The quantitative estimate of drug-likeness (QED) is 0.530. The van der Waals surface area contributed by atoms with E-state index >= 15 is 0 Å². The van der Waals surface area contributed by atoms with Gasteiger partial charge in [0.05, 0.1) is 0 Å². The third-order valence-electron chi connectivity index (χ3n) is 2.11. The summed E-state index contributed by atoms with van der Waals surface area (Å²) >= 11 is 0. The third kappa shape index (κ3) is 2.97. The van der Waals surface area contributed by atoms with E-state index in [1.165, 1.54) is 19.1 Å². The first-order chi connectivity index (χ1) is 8.06. The average Bonchev–Trinajstić information content (AvgIpc) is 2.19. The van der Waals surface area contributed by atoms with Crippen molar-refractivity contribution in [3.8, 4) is 5.75 Å². The van der Waals surface area contributed by atoms with Gasteiger partial charge in [-0.3, -0.25) is 0 Å². The van der Waals surface area contributed by atoms with Gasteiger partial charge in [0.2, 0.25) is 0 Å². The van der Waals surface area contributed by atoms with E-state index in [4.69, 9.17) is 5.11 Å². The highest BCUT2D eigenvalue weighted by molar-refractivity contribution is 7.86. The fraction of sp³-hybridized carbons (Fsp3) is 0.300. The second kappa shape index (κ2) is 4.56. The molecule has 100 valence electrons. The number of carboxylic acid groups (broad SMARTS) is 1. The molecule has 7 nitrogen and oxygen atoms in total. The van der Waals surface area contributed by atoms with Crippen molar-refractivity contribution in [2.75, 3.05) is 0 Å². The van der Waals surface area contributed by atoms with Gasteiger partial charge in [-0.15, -0.1) is 0 Å². The standard InChI is InChI=1S/C10H12O7S/c1-6-3-4-7(11)5-8(6)18(15,16)17-10(2,14)9(12)13/h3-5,11,14H,1-2H3,(H,12,13). The van der Waals surface area contributed by atoms with Crippen LogP contribution < -0.4 is 0 Å². The first-order valence-corrected chi connectivity index (χ1v) is 6.18. The summed E-state index contributed by atoms with van der Waals surface area (Å²) in [6.07, 6.45) is 0. The number of aliphatic hydroxyl groups is 1. The zero-order valence-electron chi connectivity index (χ0n) is 9.61. The maximum atomic E-state index is 11.8. The summed E-state index contributed by atoms with van der Waals surface area (Å²) in [5.74, 6) is -5.04. The molecule has 0 aliphatic carbocycles. The van der Waals surface area contributed by atoms with E-state index in [0.29, 0.717) is 6.92 Å². The second-order valence-electron chi connectivity index (χ2n) is 3.78. The Balaban J connectivity index is 3.23. The maximum absolute atomic E-state index is 11.8. The molecular weight excluding hydrogens is 264 g/mol. The highest BCUT2D eigenvalue weighted by Crippen LogP contribution is 2.25. The molecule has 1 aromatic rings. The summed E-state index contributed by atoms with van der Waals surface area (Å²) in [6, 6.07) is 3.49. The molecule has 0 aliphatic rings. The summed E-state index contributed by atoms with van der Waals surface area (Å²) < 4.78 is 27.8. The Morgan fingerprint density at radius 3 is 2.44 bits per heavy atom. The number of carbonyl (C=O) groups is 1. The van der Waals surface area contributed by atoms with Gasteiger partial charge in [-0.1, -0.05) is 6.07 Å². The molecule has 0 bridgehead atoms. The van der Waals surface area contributed by atoms with Crippen LogP contribution in [0.1, 0.15) is 12.5 Å². The SMILES string of the molecule is Cc1ccc(O)cc1S(=O)(=O)OC(C)(O)C(=O)O. The van der Waals surface area contributed by atoms with Gasteiger partial charge in [0, 0.05) is 13.0 Å². The molecule has 0 radical (unpaired) electrons. The van der Waals surface area contributed by atoms with E-state index in [9.17, 15) is 23.4 Å². The lowest BCUT2D eigenvalue weighted by atomic mass is 10.2. The van der Waals surface area contributed by atoms with Gasteiger partial charge in [0.25, 0.3) is 5.79 Å². The van der Waals surface area contributed by atoms with Crippen LogP contribution in [0.15, 0.2) is 23.1 Å². The van der Waals surface area contributed by atoms with Crippen molar-refractivity contribution in [1.29, 1.82) is 0 Å². The molecule has 8 heteroatoms. The Kier molecular flexibility index (Phi) is 3.65. The van der Waals surface area contributed by atoms with Gasteiger partial charge in [-0.2, -0.15) is 8.42 Å². The number of phenolic OH excluding ortho intramolecular Hbond substituents is 1. The van der Waals surface area contributed by atoms with Gasteiger partial charge in [0.15, 0.2) is 0 Å². The molecule has 0 amide bonds. The molecular formula is C10H12O7S. The molecule has 0 fully saturated rings. The Morgan fingerprint density at radius 1 is 1.39 bits per heavy atom. The predicted molar refractivity (Wildman–Crippen MR) is 59.4 cm³/mol. The average molecular weight is 276 g/mol. The molecule has 1 unspecified atom stereocenters. The van der Waals surface area contributed by atoms with E-state index in [1.54, 1.807) is 0 Å². The first kappa shape index (κ1) is 14.4. The van der Waals surface area contributed by atoms with Crippen LogP contribution in [0.4, 0.5) is 0 Å². The van der Waals surface area contributed by atoms with Crippen LogP contribution in [0, 0.1) is 6.92 Å². The number of hydrogen-bond donors (Lipinski definition) is 3. The lowest BCUT2D eigenvalue weighted by molar-refractivity contribution is -0.187. The molecule has 1 atom stereocenters. The summed E-state index contributed by atoms with van der Waals surface area (Å²) in [5, 5.41) is 27.1. The highest BCUT2D eigenvalue weighted by Gasteiger charge is 2.38. The normalized spacial score (nSPS) is 15.1. The molecule has 0 aromatic heterocycles. The lowest BCUT2D eigenvalue weighted by Crippen LogP contribution is -2.40. The third-order valence-corrected chi connectivity index (χ3v) is 3.63. The number of benzene rings is 1. The highest BCUT2D eigenvalue weighted by atomic mass is 32.2. The van der Waals surface area contributed by atoms with Gasteiger partial charge < -0.3 is 15.3 Å². The lowest BCUT2D eigenvalue weighted by Gasteiger charge is -2.18. The number of carboxylic acids is 1. The number of aliphatic carboxylic acids is 1. The minimum Gasteiger partial charge on any atom is -0.508 e. The van der Waals surface area contributed by atoms with Crippen LogP contribution in [0.2, 0.25) is 0 Å². The van der Waals surface area contributed by atoms with Crippen molar-refractivity contribution < 1.29 is 32.7 Å². The van der Waals surface area contributed by atoms with E-state index in [1.807, 2.05) is 0 Å². The largest absolute Gasteiger partial charge is 0.508 e. The molecule has 18 heavy (non-hydrogen) atoms. The molecule has 0 spiro atoms. The summed E-state index contributed by atoms with van der Waals surface area (Å²) in [6.45, 7) is 2.12. The second-order valence-corrected chi connectivity index (χ2v) is 5.29. The van der Waals surface area contributed by atoms with Crippen molar-refractivity contribution in [3.63, 3.8) is 0 Å². The minimum atomic E-state index is -4.51. The predicted octanol–water partition coefficient (Wildman–Crippen LogP) is 0.199. The van der Waals surface area contributed by atoms with Gasteiger partial charge >= 0.3 is 16.1 Å². The van der Waals surface area contributed by atoms with Crippen LogP contribution >= 0.6 is 0 Å². The number of hydrogen-bond acceptors (Lipinski definition) is 6. The van der Waals surface area contributed by atoms with E-state index in [0.717, 1.165) is 6.07 Å². The van der Waals surface area contributed by atoms with Crippen LogP contribution in [-0.4, -0.2) is 35.5 Å². The summed E-state index contributed by atoms with van der Waals surface area (Å²) in [5.41, 5.74) is 0.244. The maximum Gasteiger partial charge on any atom is 0.365 e. The Hall–Kier alpha value is -1.64. The van der Waals surface area contributed by atoms with Crippen molar-refractivity contribution in [1.82, 2.24) is 0 Å². The van der Waals surface area contributed by atoms with Crippen LogP contribution in [0.5, 0.6) is 5.75 Å². The van der Waals surface area contributed by atoms with Crippen molar-refractivity contribution in [3.05, 3.63) is 23.8 Å². The van der Waals surface area contributed by atoms with E-state index < -0.39 is 26.8 Å². The van der Waals surface area contributed by atoms with Gasteiger partial charge in [0.1, 0.15) is 10.6 Å². The molecule has 0 heterocycles. The van der Waals surface area contributed by atoms with Gasteiger partial charge in [-0.25, -0.2) is 8.98 Å². The van der Waals surface area contributed by atoms with E-state index in [2.05, 4.69) is 4.18 Å². The van der Waals surface area contributed by atoms with Crippen molar-refractivity contribution in [2.24, 2.45) is 0 Å². The number of rotatable bonds is 4. The number of aryl methyl sites for hydroxylation is 1. The van der Waals surface area contributed by atoms with E-state index in [-0.39, 0.29) is 11.3 Å². The van der Waals surface area contributed by atoms with Crippen molar-refractivity contribution >= 4 is 16.1 Å². The zero-order chi connectivity index (χ0) is 14.1. The summed E-state index contributed by atoms with van der Waals surface area (Å²) in [7, 11) is -4.51. The zero-order valence-corrected chi connectivity index (χ0v) is 10.4. The first-order valence-electron chi connectivity index (χ1n) is 4.77. The molecule has 0 saturated heterocycles. The van der Waals surface area contributed by atoms with Crippen LogP contribution in [-0.2, 0) is 19.1 Å². The fourth-order valence-corrected chi connectivity index (χ4v) is 2.47. The number of phenols is 1. The van der Waals surface area contributed by atoms with Crippen molar-refractivity contribution in [2.45, 2.75) is 24.5 Å². The molecule has 0 saturated carbocycles. The van der Waals surface area contributed by atoms with Crippen LogP contribution in [0.3, 0.4) is 0 Å². The molecule has 3 N–H and O–H groups in total. The molecule has 1 aromatic carbocycles. The molecule has 0 aliphatic heterocycles. The minimum absolute atomic E-state index is 0.244. The monoisotopic (exact) mass is 276 g/mol. The Morgan fingerprint density at radius 2 is 1.94 bits per heavy atom. The van der Waals surface area contributed by atoms with Crippen LogP contribution in [0.25, 0.3) is 0 Å². The van der Waals surface area contributed by atoms with Gasteiger partial charge in [-0.05, 0) is 18.6 Å². The summed E-state index contributed by atoms with van der Waals surface area (Å²) in [4.78, 5) is 10.2. The Bertz CT molecular complexity index is 574. The smallest absolute Gasteiger partial charge is 0.365 e. The topological polar surface area (TPSA) is 121 Å². The molecule has 1 rings (SSSR count). The Labute approximate surface area is 103 Å². The fourth-order valence-electron chi connectivity index (χ4n) is 1.15. The number of aromatic hydroxyl groups is 1.